The van der Waals surface area contributed by atoms with Gasteiger partial charge >= 0.3 is 49.7 Å². The summed E-state index contributed by atoms with van der Waals surface area (Å²) in [4.78, 5) is 21.8. The van der Waals surface area contributed by atoms with Crippen molar-refractivity contribution in [1.82, 2.24) is 0 Å². The number of carbonyl (C=O) groups excluding carboxylic acids is 1. The fourth-order valence-electron chi connectivity index (χ4n) is 3.65. The molecule has 0 spiro atoms. The van der Waals surface area contributed by atoms with Gasteiger partial charge in [-0.05, 0) is 12.8 Å². The third-order valence-corrected chi connectivity index (χ3v) is 5.53. The number of hydrogen-bond donors (Lipinski definition) is 1. The number of carbonyl (C=O) groups is 2. The van der Waals surface area contributed by atoms with Crippen LogP contribution in [0.4, 0.5) is 0 Å². The number of carboxylic acids is 1. The summed E-state index contributed by atoms with van der Waals surface area (Å²) in [5.41, 5.74) is 0. The van der Waals surface area contributed by atoms with E-state index in [-0.39, 0.29) is 56.5 Å². The third kappa shape index (κ3) is 28.2. The summed E-state index contributed by atoms with van der Waals surface area (Å²) in [6.45, 7) is 2.75. The zero-order valence-corrected chi connectivity index (χ0v) is 19.2. The molecule has 176 valence electrons. The molecule has 0 bridgehead atoms. The summed E-state index contributed by atoms with van der Waals surface area (Å²) in [5.74, 6) is -1.13. The predicted octanol–water partition coefficient (Wildman–Crippen LogP) is 6.91. The first-order valence-corrected chi connectivity index (χ1v) is 12.5. The Morgan fingerprint density at radius 1 is 0.567 bits per heavy atom. The van der Waals surface area contributed by atoms with Gasteiger partial charge in [-0.1, -0.05) is 116 Å². The van der Waals surface area contributed by atoms with Crippen LogP contribution in [0.3, 0.4) is 0 Å². The molecule has 0 rings (SSSR count). The van der Waals surface area contributed by atoms with Crippen LogP contribution in [-0.4, -0.2) is 61.4 Å². The number of esters is 1. The molecule has 0 atom stereocenters. The zero-order chi connectivity index (χ0) is 21.4. The van der Waals surface area contributed by atoms with E-state index in [1.807, 2.05) is 0 Å². The number of ether oxygens (including phenoxy) is 1. The molecule has 30 heavy (non-hydrogen) atoms. The van der Waals surface area contributed by atoms with Gasteiger partial charge in [0, 0.05) is 12.8 Å². The molecule has 0 amide bonds. The van der Waals surface area contributed by atoms with Crippen molar-refractivity contribution in [3.8, 4) is 0 Å². The number of unbranched alkanes of at least 4 members (excludes halogenated alkanes) is 17. The van der Waals surface area contributed by atoms with E-state index in [2.05, 4.69) is 6.92 Å². The van der Waals surface area contributed by atoms with Crippen molar-refractivity contribution in [3.05, 3.63) is 0 Å². The molecule has 1 N–H and O–H groups in total. The second kappa shape index (κ2) is 27.2. The van der Waals surface area contributed by atoms with Crippen molar-refractivity contribution < 1.29 is 19.4 Å². The molecule has 0 aromatic carbocycles. The summed E-state index contributed by atoms with van der Waals surface area (Å²) < 4.78 is 5.12. The average Bonchev–Trinajstić information content (AvgIpc) is 2.69. The number of aliphatic carboxylic acids is 1. The Hall–Kier alpha value is 0.200. The molecule has 0 aromatic heterocycles. The van der Waals surface area contributed by atoms with Crippen LogP contribution in [0.1, 0.15) is 142 Å². The first-order chi connectivity index (χ1) is 14.2. The molecule has 0 aromatic rings. The van der Waals surface area contributed by atoms with Crippen molar-refractivity contribution in [2.45, 2.75) is 142 Å². The normalized spacial score (nSPS) is 10.6. The quantitative estimate of drug-likeness (QED) is 0.103. The molecule has 0 fully saturated rings. The fourth-order valence-corrected chi connectivity index (χ4v) is 3.65. The van der Waals surface area contributed by atoms with Crippen LogP contribution in [0.15, 0.2) is 0 Å². The minimum absolute atomic E-state index is 0. The number of hydrogen-bond acceptors (Lipinski definition) is 3. The van der Waals surface area contributed by atoms with Crippen LogP contribution in [0, 0.1) is 0 Å². The predicted molar refractivity (Wildman–Crippen MR) is 130 cm³/mol. The Morgan fingerprint density at radius 3 is 1.30 bits per heavy atom. The molecule has 0 aliphatic heterocycles. The Balaban J connectivity index is 0. The Labute approximate surface area is 216 Å². The van der Waals surface area contributed by atoms with Gasteiger partial charge in [0.2, 0.25) is 0 Å². The van der Waals surface area contributed by atoms with Crippen molar-refractivity contribution in [3.63, 3.8) is 0 Å². The van der Waals surface area contributed by atoms with Crippen molar-refractivity contribution in [2.75, 3.05) is 6.61 Å². The summed E-state index contributed by atoms with van der Waals surface area (Å²) in [5, 5.41) is 8.52. The molecule has 0 aliphatic rings. The summed E-state index contributed by atoms with van der Waals surface area (Å²) >= 11 is 0. The standard InChI is InChI=1S/C25H48O4.Ca.2H/c1-2-3-4-5-6-7-8-9-10-11-12-13-14-15-16-17-18-19-23-29-25(28)22-20-21-24(26)27;;;/h2-23H2,1H3,(H,26,27);;;. The molecule has 0 saturated heterocycles. The van der Waals surface area contributed by atoms with E-state index < -0.39 is 5.97 Å². The summed E-state index contributed by atoms with van der Waals surface area (Å²) in [7, 11) is 0. The van der Waals surface area contributed by atoms with Crippen LogP contribution < -0.4 is 0 Å². The molecule has 0 saturated carbocycles. The van der Waals surface area contributed by atoms with Gasteiger partial charge in [-0.25, -0.2) is 0 Å². The first kappa shape index (κ1) is 32.4. The van der Waals surface area contributed by atoms with Crippen molar-refractivity contribution in [2.24, 2.45) is 0 Å². The molecule has 0 radical (unpaired) electrons. The van der Waals surface area contributed by atoms with Gasteiger partial charge in [-0.3, -0.25) is 9.59 Å². The second-order valence-corrected chi connectivity index (χ2v) is 8.48. The Bertz CT molecular complexity index is 374. The molecule has 0 unspecified atom stereocenters. The van der Waals surface area contributed by atoms with Gasteiger partial charge in [0.15, 0.2) is 0 Å². The number of rotatable bonds is 23. The van der Waals surface area contributed by atoms with E-state index in [1.54, 1.807) is 0 Å². The van der Waals surface area contributed by atoms with Crippen LogP contribution in [-0.2, 0) is 14.3 Å². The SMILES string of the molecule is CCCCCCCCCCCCCCCCCCCCOC(=O)CCCC(=O)O.[CaH2]. The van der Waals surface area contributed by atoms with E-state index in [0.29, 0.717) is 13.0 Å². The van der Waals surface area contributed by atoms with Crippen LogP contribution in [0.5, 0.6) is 0 Å². The van der Waals surface area contributed by atoms with E-state index in [4.69, 9.17) is 9.84 Å². The molecule has 4 nitrogen and oxygen atoms in total. The van der Waals surface area contributed by atoms with Gasteiger partial charge in [0.05, 0.1) is 6.61 Å². The third-order valence-electron chi connectivity index (χ3n) is 5.53. The summed E-state index contributed by atoms with van der Waals surface area (Å²) in [6.07, 6.45) is 24.8. The zero-order valence-electron chi connectivity index (χ0n) is 19.2. The topological polar surface area (TPSA) is 63.6 Å². The van der Waals surface area contributed by atoms with Gasteiger partial charge in [-0.2, -0.15) is 0 Å². The van der Waals surface area contributed by atoms with Gasteiger partial charge in [0.25, 0.3) is 0 Å². The first-order valence-electron chi connectivity index (χ1n) is 12.5. The van der Waals surface area contributed by atoms with Gasteiger partial charge < -0.3 is 9.84 Å². The number of carboxylic acid groups (broad SMARTS) is 1. The Morgan fingerprint density at radius 2 is 0.933 bits per heavy atom. The van der Waals surface area contributed by atoms with Crippen LogP contribution >= 0.6 is 0 Å². The average molecular weight is 455 g/mol. The van der Waals surface area contributed by atoms with E-state index in [0.717, 1.165) is 12.8 Å². The molecule has 0 heterocycles. The molecular weight excluding hydrogens is 404 g/mol. The molecular formula is C25H50CaO4. The van der Waals surface area contributed by atoms with Crippen LogP contribution in [0.25, 0.3) is 0 Å². The second-order valence-electron chi connectivity index (χ2n) is 8.48. The van der Waals surface area contributed by atoms with E-state index in [9.17, 15) is 9.59 Å². The monoisotopic (exact) mass is 454 g/mol. The van der Waals surface area contributed by atoms with Crippen LogP contribution in [0.2, 0.25) is 0 Å². The summed E-state index contributed by atoms with van der Waals surface area (Å²) in [6, 6.07) is 0. The van der Waals surface area contributed by atoms with E-state index >= 15 is 0 Å². The maximum absolute atomic E-state index is 11.4. The Kier molecular flexibility index (Phi) is 29.4. The van der Waals surface area contributed by atoms with Crippen molar-refractivity contribution >= 4 is 49.7 Å². The molecule has 5 heteroatoms. The minimum atomic E-state index is -0.860. The van der Waals surface area contributed by atoms with Crippen molar-refractivity contribution in [1.29, 1.82) is 0 Å². The van der Waals surface area contributed by atoms with E-state index in [1.165, 1.54) is 103 Å². The maximum atomic E-state index is 11.4. The fraction of sp³-hybridized carbons (Fsp3) is 0.920. The van der Waals surface area contributed by atoms with Gasteiger partial charge in [-0.15, -0.1) is 0 Å². The van der Waals surface area contributed by atoms with Gasteiger partial charge in [0.1, 0.15) is 0 Å². The molecule has 0 aliphatic carbocycles.